The van der Waals surface area contributed by atoms with Gasteiger partial charge in [0.15, 0.2) is 0 Å². The largest absolute Gasteiger partial charge is 0.496 e. The van der Waals surface area contributed by atoms with E-state index >= 15 is 0 Å². The number of methoxy groups -OCH3 is 2. The Labute approximate surface area is 171 Å². The Morgan fingerprint density at radius 1 is 1.38 bits per heavy atom. The first-order valence-corrected chi connectivity index (χ1v) is 9.61. The average Bonchev–Trinajstić information content (AvgIpc) is 2.71. The first-order valence-electron chi connectivity index (χ1n) is 8.56. The Hall–Kier alpha value is -2.79. The van der Waals surface area contributed by atoms with Crippen LogP contribution in [0.25, 0.3) is 0 Å². The minimum absolute atomic E-state index is 0.0348. The minimum atomic E-state index is -1.22. The fourth-order valence-electron chi connectivity index (χ4n) is 2.78. The van der Waals surface area contributed by atoms with Gasteiger partial charge in [0.05, 0.1) is 19.8 Å². The number of carbonyl (C=O) groups is 4. The normalized spacial score (nSPS) is 22.7. The molecular weight excluding hydrogens is 404 g/mol. The Morgan fingerprint density at radius 3 is 2.72 bits per heavy atom. The van der Waals surface area contributed by atoms with Crippen molar-refractivity contribution in [2.75, 3.05) is 26.6 Å². The maximum absolute atomic E-state index is 12.7. The standard InChI is InChI=1S/C18H22N2O8S/c1-9-13(26-2)5-4-10-14(9)17(24)28-6-11(19-8-21)15(22)20-12(16(23)27-3)7-29-18(10)25/h4-5,8,11-12,18,25H,6-7H2,1-3H3,(H,19,21)(H,20,22)/t11-,12-,18?/m0/s1. The number of hydrogen-bond acceptors (Lipinski definition) is 9. The summed E-state index contributed by atoms with van der Waals surface area (Å²) < 4.78 is 15.1. The second kappa shape index (κ2) is 10.1. The highest BCUT2D eigenvalue weighted by Crippen LogP contribution is 2.34. The molecule has 0 saturated heterocycles. The van der Waals surface area contributed by atoms with Crippen LogP contribution in [0.15, 0.2) is 12.1 Å². The predicted molar refractivity (Wildman–Crippen MR) is 102 cm³/mol. The number of hydrogen-bond donors (Lipinski definition) is 3. The van der Waals surface area contributed by atoms with E-state index in [4.69, 9.17) is 9.47 Å². The highest BCUT2D eigenvalue weighted by Gasteiger charge is 2.31. The van der Waals surface area contributed by atoms with E-state index in [1.165, 1.54) is 20.3 Å². The van der Waals surface area contributed by atoms with E-state index in [0.29, 0.717) is 11.3 Å². The van der Waals surface area contributed by atoms with Crippen LogP contribution in [0.1, 0.15) is 26.9 Å². The Bertz CT molecular complexity index is 800. The molecule has 10 nitrogen and oxygen atoms in total. The summed E-state index contributed by atoms with van der Waals surface area (Å²) in [6.45, 7) is 1.16. The second-order valence-electron chi connectivity index (χ2n) is 6.06. The van der Waals surface area contributed by atoms with Gasteiger partial charge >= 0.3 is 11.9 Å². The summed E-state index contributed by atoms with van der Waals surface area (Å²) in [5.74, 6) is -1.86. The number of benzene rings is 1. The van der Waals surface area contributed by atoms with Crippen molar-refractivity contribution in [3.63, 3.8) is 0 Å². The molecule has 0 fully saturated rings. The highest BCUT2D eigenvalue weighted by molar-refractivity contribution is 7.99. The van der Waals surface area contributed by atoms with Crippen LogP contribution in [0.4, 0.5) is 0 Å². The molecule has 0 bridgehead atoms. The molecule has 1 aliphatic heterocycles. The van der Waals surface area contributed by atoms with Crippen molar-refractivity contribution >= 4 is 36.0 Å². The Kier molecular flexibility index (Phi) is 7.85. The van der Waals surface area contributed by atoms with Crippen LogP contribution in [0.5, 0.6) is 5.75 Å². The zero-order valence-corrected chi connectivity index (χ0v) is 16.9. The van der Waals surface area contributed by atoms with Crippen LogP contribution in [0.2, 0.25) is 0 Å². The number of nitrogens with one attached hydrogen (secondary N) is 2. The van der Waals surface area contributed by atoms with Gasteiger partial charge in [-0.1, -0.05) is 6.07 Å². The van der Waals surface area contributed by atoms with Crippen molar-refractivity contribution < 1.29 is 38.5 Å². The number of carbonyl (C=O) groups excluding carboxylic acids is 4. The molecule has 1 aliphatic rings. The van der Waals surface area contributed by atoms with E-state index in [1.807, 2.05) is 0 Å². The summed E-state index contributed by atoms with van der Waals surface area (Å²) in [7, 11) is 2.61. The summed E-state index contributed by atoms with van der Waals surface area (Å²) in [6, 6.07) is 0.833. The quantitative estimate of drug-likeness (QED) is 0.436. The molecular formula is C18H22N2O8S. The number of fused-ring (bicyclic) bond motifs is 1. The lowest BCUT2D eigenvalue weighted by molar-refractivity contribution is -0.144. The number of aliphatic hydroxyl groups is 1. The number of esters is 2. The summed E-state index contributed by atoms with van der Waals surface area (Å²) in [4.78, 5) is 48.0. The van der Waals surface area contributed by atoms with Crippen molar-refractivity contribution in [1.82, 2.24) is 10.6 Å². The molecule has 3 atom stereocenters. The lowest BCUT2D eigenvalue weighted by Crippen LogP contribution is -2.53. The summed E-state index contributed by atoms with van der Waals surface area (Å²) >= 11 is 0.928. The molecule has 29 heavy (non-hydrogen) atoms. The van der Waals surface area contributed by atoms with Gasteiger partial charge in [-0.2, -0.15) is 0 Å². The SMILES string of the molecule is COC(=O)[C@@H]1CSC(O)c2ccc(OC)c(C)c2C(=O)OC[C@H](NC=O)C(=O)N1. The number of amides is 2. The van der Waals surface area contributed by atoms with Gasteiger partial charge in [0.1, 0.15) is 29.9 Å². The fraction of sp³-hybridized carbons (Fsp3) is 0.444. The van der Waals surface area contributed by atoms with E-state index in [0.717, 1.165) is 11.8 Å². The third-order valence-electron chi connectivity index (χ3n) is 4.33. The molecule has 0 aliphatic carbocycles. The van der Waals surface area contributed by atoms with Crippen LogP contribution < -0.4 is 15.4 Å². The molecule has 11 heteroatoms. The van der Waals surface area contributed by atoms with Gasteiger partial charge in [0.2, 0.25) is 12.3 Å². The van der Waals surface area contributed by atoms with E-state index in [-0.39, 0.29) is 23.3 Å². The summed E-state index contributed by atoms with van der Waals surface area (Å²) in [5, 5.41) is 15.3. The van der Waals surface area contributed by atoms with E-state index in [1.54, 1.807) is 13.0 Å². The molecule has 0 radical (unpaired) electrons. The first-order chi connectivity index (χ1) is 13.8. The molecule has 0 saturated carbocycles. The number of cyclic esters (lactones) is 1. The molecule has 2 amide bonds. The first kappa shape index (κ1) is 22.5. The molecule has 1 aromatic carbocycles. The van der Waals surface area contributed by atoms with Crippen LogP contribution >= 0.6 is 11.8 Å². The number of aliphatic hydroxyl groups excluding tert-OH is 1. The molecule has 158 valence electrons. The lowest BCUT2D eigenvalue weighted by Gasteiger charge is -2.24. The zero-order valence-electron chi connectivity index (χ0n) is 16.1. The fourth-order valence-corrected chi connectivity index (χ4v) is 3.75. The van der Waals surface area contributed by atoms with E-state index < -0.39 is 42.0 Å². The molecule has 3 N–H and O–H groups in total. The second-order valence-corrected chi connectivity index (χ2v) is 7.18. The monoisotopic (exact) mass is 426 g/mol. The molecule has 2 rings (SSSR count). The summed E-state index contributed by atoms with van der Waals surface area (Å²) in [6.07, 6.45) is 0.290. The zero-order chi connectivity index (χ0) is 21.6. The summed E-state index contributed by atoms with van der Waals surface area (Å²) in [5.41, 5.74) is -0.381. The van der Waals surface area contributed by atoms with Crippen molar-refractivity contribution in [2.24, 2.45) is 0 Å². The molecule has 0 aromatic heterocycles. The van der Waals surface area contributed by atoms with Crippen LogP contribution in [0, 0.1) is 6.92 Å². The van der Waals surface area contributed by atoms with Gasteiger partial charge in [-0.25, -0.2) is 9.59 Å². The van der Waals surface area contributed by atoms with Gasteiger partial charge in [0, 0.05) is 16.9 Å². The topological polar surface area (TPSA) is 140 Å². The van der Waals surface area contributed by atoms with Gasteiger partial charge < -0.3 is 30.0 Å². The molecule has 1 aromatic rings. The Morgan fingerprint density at radius 2 is 2.10 bits per heavy atom. The third-order valence-corrected chi connectivity index (χ3v) is 5.42. The predicted octanol–water partition coefficient (Wildman–Crippen LogP) is -0.329. The molecule has 1 unspecified atom stereocenters. The number of rotatable bonds is 4. The minimum Gasteiger partial charge on any atom is -0.496 e. The van der Waals surface area contributed by atoms with Gasteiger partial charge in [-0.15, -0.1) is 11.8 Å². The maximum atomic E-state index is 12.7. The number of ether oxygens (including phenoxy) is 3. The molecule has 0 spiro atoms. The number of thioether (sulfide) groups is 1. The maximum Gasteiger partial charge on any atom is 0.339 e. The lowest BCUT2D eigenvalue weighted by atomic mass is 10.0. The van der Waals surface area contributed by atoms with Crippen molar-refractivity contribution in [3.05, 3.63) is 28.8 Å². The van der Waals surface area contributed by atoms with Gasteiger partial charge in [-0.05, 0) is 13.0 Å². The van der Waals surface area contributed by atoms with Gasteiger partial charge in [-0.3, -0.25) is 9.59 Å². The third kappa shape index (κ3) is 5.18. The average molecular weight is 426 g/mol. The van der Waals surface area contributed by atoms with Crippen molar-refractivity contribution in [2.45, 2.75) is 24.4 Å². The molecule has 1 heterocycles. The smallest absolute Gasteiger partial charge is 0.339 e. The highest BCUT2D eigenvalue weighted by atomic mass is 32.2. The van der Waals surface area contributed by atoms with E-state index in [9.17, 15) is 24.3 Å². The van der Waals surface area contributed by atoms with Crippen LogP contribution in [-0.4, -0.2) is 68.0 Å². The van der Waals surface area contributed by atoms with E-state index in [2.05, 4.69) is 15.4 Å². The van der Waals surface area contributed by atoms with Crippen molar-refractivity contribution in [1.29, 1.82) is 0 Å². The van der Waals surface area contributed by atoms with Gasteiger partial charge in [0.25, 0.3) is 0 Å². The van der Waals surface area contributed by atoms with Crippen LogP contribution in [0.3, 0.4) is 0 Å². The van der Waals surface area contributed by atoms with Crippen LogP contribution in [-0.2, 0) is 23.9 Å². The van der Waals surface area contributed by atoms with Crippen molar-refractivity contribution in [3.8, 4) is 5.75 Å². The Balaban J connectivity index is 2.48.